The molecule has 1 aliphatic heterocycles. The Kier molecular flexibility index (Phi) is 3.92. The van der Waals surface area contributed by atoms with Gasteiger partial charge >= 0.3 is 5.97 Å². The van der Waals surface area contributed by atoms with Gasteiger partial charge in [0.25, 0.3) is 0 Å². The predicted molar refractivity (Wildman–Crippen MR) is 67.5 cm³/mol. The summed E-state index contributed by atoms with van der Waals surface area (Å²) in [5, 5.41) is 10.2. The molecule has 1 saturated heterocycles. The van der Waals surface area contributed by atoms with Crippen molar-refractivity contribution in [2.24, 2.45) is 5.92 Å². The third-order valence-electron chi connectivity index (χ3n) is 3.02. The number of likely N-dealkylation sites (tertiary alicyclic amines) is 1. The molecule has 1 aliphatic rings. The number of rotatable bonds is 3. The molecular weight excluding hydrogens is 261 g/mol. The number of halogens is 2. The van der Waals surface area contributed by atoms with E-state index < -0.39 is 5.97 Å². The topological polar surface area (TPSA) is 40.5 Å². The van der Waals surface area contributed by atoms with E-state index in [9.17, 15) is 4.79 Å². The van der Waals surface area contributed by atoms with Crippen LogP contribution in [0.2, 0.25) is 10.0 Å². The van der Waals surface area contributed by atoms with Crippen LogP contribution in [-0.2, 0) is 11.3 Å². The first-order valence-corrected chi connectivity index (χ1v) is 6.21. The van der Waals surface area contributed by atoms with Crippen molar-refractivity contribution in [1.82, 2.24) is 4.90 Å². The largest absolute Gasteiger partial charge is 0.481 e. The van der Waals surface area contributed by atoms with Crippen molar-refractivity contribution in [2.75, 3.05) is 13.1 Å². The fourth-order valence-corrected chi connectivity index (χ4v) is 2.46. The number of carboxylic acid groups (broad SMARTS) is 1. The van der Waals surface area contributed by atoms with Crippen LogP contribution >= 0.6 is 23.2 Å². The second-order valence-electron chi connectivity index (χ2n) is 4.29. The minimum absolute atomic E-state index is 0.257. The third kappa shape index (κ3) is 3.12. The maximum Gasteiger partial charge on any atom is 0.307 e. The van der Waals surface area contributed by atoms with Gasteiger partial charge in [0.05, 0.1) is 5.92 Å². The maximum absolute atomic E-state index is 10.8. The van der Waals surface area contributed by atoms with Crippen molar-refractivity contribution in [1.29, 1.82) is 0 Å². The molecule has 17 heavy (non-hydrogen) atoms. The van der Waals surface area contributed by atoms with Crippen LogP contribution in [0.1, 0.15) is 12.0 Å². The number of aliphatic carboxylic acids is 1. The lowest BCUT2D eigenvalue weighted by Crippen LogP contribution is -2.22. The van der Waals surface area contributed by atoms with Crippen LogP contribution in [-0.4, -0.2) is 29.1 Å². The molecule has 1 N–H and O–H groups in total. The summed E-state index contributed by atoms with van der Waals surface area (Å²) >= 11 is 12.0. The van der Waals surface area contributed by atoms with Crippen LogP contribution in [0.4, 0.5) is 0 Å². The van der Waals surface area contributed by atoms with Crippen molar-refractivity contribution in [3.8, 4) is 0 Å². The smallest absolute Gasteiger partial charge is 0.307 e. The van der Waals surface area contributed by atoms with Gasteiger partial charge in [0.15, 0.2) is 0 Å². The summed E-state index contributed by atoms with van der Waals surface area (Å²) in [6.07, 6.45) is 0.702. The fraction of sp³-hybridized carbons (Fsp3) is 0.417. The summed E-state index contributed by atoms with van der Waals surface area (Å²) in [5.41, 5.74) is 0.949. The molecular formula is C12H13Cl2NO2. The Hall–Kier alpha value is -0.770. The van der Waals surface area contributed by atoms with Crippen molar-refractivity contribution in [3.05, 3.63) is 33.8 Å². The summed E-state index contributed by atoms with van der Waals surface area (Å²) < 4.78 is 0. The minimum Gasteiger partial charge on any atom is -0.481 e. The van der Waals surface area contributed by atoms with E-state index in [2.05, 4.69) is 4.90 Å². The first-order chi connectivity index (χ1) is 8.06. The van der Waals surface area contributed by atoms with E-state index in [1.807, 2.05) is 6.07 Å². The van der Waals surface area contributed by atoms with E-state index in [1.54, 1.807) is 12.1 Å². The molecule has 1 atom stereocenters. The van der Waals surface area contributed by atoms with Crippen LogP contribution in [0, 0.1) is 5.92 Å². The van der Waals surface area contributed by atoms with Gasteiger partial charge in [-0.1, -0.05) is 23.2 Å². The van der Waals surface area contributed by atoms with E-state index in [1.165, 1.54) is 0 Å². The Bertz CT molecular complexity index is 437. The number of hydrogen-bond donors (Lipinski definition) is 1. The Morgan fingerprint density at radius 2 is 2.24 bits per heavy atom. The van der Waals surface area contributed by atoms with Crippen LogP contribution in [0.15, 0.2) is 18.2 Å². The van der Waals surface area contributed by atoms with Gasteiger partial charge in [-0.25, -0.2) is 0 Å². The number of hydrogen-bond acceptors (Lipinski definition) is 2. The van der Waals surface area contributed by atoms with Crippen molar-refractivity contribution in [3.63, 3.8) is 0 Å². The van der Waals surface area contributed by atoms with Gasteiger partial charge < -0.3 is 5.11 Å². The minimum atomic E-state index is -0.718. The quantitative estimate of drug-likeness (QED) is 0.921. The molecule has 0 aliphatic carbocycles. The highest BCUT2D eigenvalue weighted by molar-refractivity contribution is 6.33. The molecule has 1 aromatic rings. The second-order valence-corrected chi connectivity index (χ2v) is 5.14. The average molecular weight is 274 g/mol. The lowest BCUT2D eigenvalue weighted by Gasteiger charge is -2.16. The maximum atomic E-state index is 10.8. The number of benzene rings is 1. The predicted octanol–water partition coefficient (Wildman–Crippen LogP) is 2.90. The van der Waals surface area contributed by atoms with Crippen LogP contribution in [0.25, 0.3) is 0 Å². The van der Waals surface area contributed by atoms with Crippen molar-refractivity contribution >= 4 is 29.2 Å². The molecule has 0 spiro atoms. The molecule has 0 bridgehead atoms. The van der Waals surface area contributed by atoms with Crippen LogP contribution < -0.4 is 0 Å². The van der Waals surface area contributed by atoms with Crippen LogP contribution in [0.3, 0.4) is 0 Å². The van der Waals surface area contributed by atoms with Gasteiger partial charge in [0.1, 0.15) is 0 Å². The fourth-order valence-electron chi connectivity index (χ4n) is 2.08. The molecule has 0 unspecified atom stereocenters. The monoisotopic (exact) mass is 273 g/mol. The SMILES string of the molecule is O=C(O)[C@H]1CCN(Cc2cc(Cl)ccc2Cl)C1. The first-order valence-electron chi connectivity index (χ1n) is 5.45. The van der Waals surface area contributed by atoms with E-state index in [-0.39, 0.29) is 5.92 Å². The summed E-state index contributed by atoms with van der Waals surface area (Å²) in [6, 6.07) is 5.35. The zero-order chi connectivity index (χ0) is 12.4. The molecule has 1 heterocycles. The molecule has 92 valence electrons. The second kappa shape index (κ2) is 5.25. The summed E-state index contributed by atoms with van der Waals surface area (Å²) in [6.45, 7) is 2.03. The molecule has 1 aromatic carbocycles. The standard InChI is InChI=1S/C12H13Cl2NO2/c13-10-1-2-11(14)9(5-10)7-15-4-3-8(6-15)12(16)17/h1-2,5,8H,3-4,6-7H2,(H,16,17)/t8-/m0/s1. The third-order valence-corrected chi connectivity index (χ3v) is 3.63. The number of carbonyl (C=O) groups is 1. The Morgan fingerprint density at radius 1 is 1.47 bits per heavy atom. The number of nitrogens with zero attached hydrogens (tertiary/aromatic N) is 1. The van der Waals surface area contributed by atoms with E-state index in [0.717, 1.165) is 12.1 Å². The highest BCUT2D eigenvalue weighted by Gasteiger charge is 2.28. The van der Waals surface area contributed by atoms with Gasteiger partial charge in [-0.3, -0.25) is 9.69 Å². The van der Waals surface area contributed by atoms with Crippen LogP contribution in [0.5, 0.6) is 0 Å². The highest BCUT2D eigenvalue weighted by Crippen LogP contribution is 2.25. The first kappa shape index (κ1) is 12.7. The summed E-state index contributed by atoms with van der Waals surface area (Å²) in [5.74, 6) is -0.974. The van der Waals surface area contributed by atoms with Gasteiger partial charge in [-0.2, -0.15) is 0 Å². The Balaban J connectivity index is 2.02. The van der Waals surface area contributed by atoms with Gasteiger partial charge in [0.2, 0.25) is 0 Å². The zero-order valence-corrected chi connectivity index (χ0v) is 10.7. The van der Waals surface area contributed by atoms with Crippen molar-refractivity contribution in [2.45, 2.75) is 13.0 Å². The van der Waals surface area contributed by atoms with Gasteiger partial charge in [0, 0.05) is 23.1 Å². The Labute approximate surface area is 110 Å². The molecule has 0 aromatic heterocycles. The Morgan fingerprint density at radius 3 is 2.88 bits per heavy atom. The van der Waals surface area contributed by atoms with Crippen molar-refractivity contribution < 1.29 is 9.90 Å². The summed E-state index contributed by atoms with van der Waals surface area (Å²) in [7, 11) is 0. The summed E-state index contributed by atoms with van der Waals surface area (Å²) in [4.78, 5) is 12.9. The molecule has 2 rings (SSSR count). The zero-order valence-electron chi connectivity index (χ0n) is 9.20. The lowest BCUT2D eigenvalue weighted by molar-refractivity contribution is -0.141. The number of carboxylic acids is 1. The average Bonchev–Trinajstić information content (AvgIpc) is 2.72. The van der Waals surface area contributed by atoms with E-state index in [4.69, 9.17) is 28.3 Å². The molecule has 1 fully saturated rings. The molecule has 0 amide bonds. The molecule has 0 saturated carbocycles. The molecule has 5 heteroatoms. The normalized spacial score (nSPS) is 20.7. The van der Waals surface area contributed by atoms with Gasteiger partial charge in [-0.05, 0) is 36.7 Å². The van der Waals surface area contributed by atoms with Gasteiger partial charge in [-0.15, -0.1) is 0 Å². The molecule has 3 nitrogen and oxygen atoms in total. The highest BCUT2D eigenvalue weighted by atomic mass is 35.5. The lowest BCUT2D eigenvalue weighted by atomic mass is 10.1. The van der Waals surface area contributed by atoms with E-state index in [0.29, 0.717) is 29.6 Å². The molecule has 0 radical (unpaired) electrons. The van der Waals surface area contributed by atoms with E-state index >= 15 is 0 Å².